The van der Waals surface area contributed by atoms with Crippen LogP contribution in [0.3, 0.4) is 0 Å². The monoisotopic (exact) mass is 249 g/mol. The van der Waals surface area contributed by atoms with E-state index in [0.29, 0.717) is 12.2 Å². The number of ether oxygens (including phenoxy) is 2. The molecule has 0 spiro atoms. The van der Waals surface area contributed by atoms with Crippen molar-refractivity contribution in [3.8, 4) is 11.5 Å². The Morgan fingerprint density at radius 1 is 1.50 bits per heavy atom. The van der Waals surface area contributed by atoms with Crippen molar-refractivity contribution in [2.24, 2.45) is 0 Å². The van der Waals surface area contributed by atoms with Gasteiger partial charge in [0.2, 0.25) is 0 Å². The number of nitrogens with one attached hydrogen (secondary N) is 1. The fourth-order valence-electron chi connectivity index (χ4n) is 1.70. The van der Waals surface area contributed by atoms with Crippen LogP contribution in [-0.2, 0) is 9.63 Å². The molecule has 1 aliphatic heterocycles. The van der Waals surface area contributed by atoms with Crippen molar-refractivity contribution in [2.75, 3.05) is 20.3 Å². The largest absolute Gasteiger partial charge is 0.494 e. The number of hydrogen-bond donors (Lipinski definition) is 1. The minimum atomic E-state index is -0.301. The van der Waals surface area contributed by atoms with Gasteiger partial charge in [-0.2, -0.15) is 0 Å². The summed E-state index contributed by atoms with van der Waals surface area (Å²) in [6.45, 7) is 2.75. The normalized spacial score (nSPS) is 13.1. The van der Waals surface area contributed by atoms with E-state index in [9.17, 15) is 4.79 Å². The summed E-state index contributed by atoms with van der Waals surface area (Å²) in [5.74, 6) is 1.20. The van der Waals surface area contributed by atoms with Gasteiger partial charge in [-0.3, -0.25) is 9.63 Å². The van der Waals surface area contributed by atoms with Gasteiger partial charge < -0.3 is 9.47 Å². The van der Waals surface area contributed by atoms with Gasteiger partial charge in [0.15, 0.2) is 0 Å². The lowest BCUT2D eigenvalue weighted by Gasteiger charge is -2.18. The number of hydroxylamine groups is 1. The van der Waals surface area contributed by atoms with Crippen molar-refractivity contribution in [1.82, 2.24) is 5.48 Å². The number of rotatable bonds is 4. The predicted molar refractivity (Wildman–Crippen MR) is 66.2 cm³/mol. The third-order valence-electron chi connectivity index (χ3n) is 2.49. The number of hydrogen-bond acceptors (Lipinski definition) is 4. The van der Waals surface area contributed by atoms with Crippen LogP contribution in [0.25, 0.3) is 6.08 Å². The smallest absolute Gasteiger partial charge is 0.274 e. The molecule has 1 N–H and O–H groups in total. The Kier molecular flexibility index (Phi) is 3.84. The molecule has 0 atom stereocenters. The molecule has 0 saturated carbocycles. The Bertz CT molecular complexity index is 482. The Balaban J connectivity index is 2.25. The Hall–Kier alpha value is -2.01. The van der Waals surface area contributed by atoms with Crippen molar-refractivity contribution >= 4 is 12.0 Å². The van der Waals surface area contributed by atoms with Crippen LogP contribution in [0.4, 0.5) is 0 Å². The Labute approximate surface area is 105 Å². The van der Waals surface area contributed by atoms with Crippen LogP contribution in [0.1, 0.15) is 12.5 Å². The molecule has 0 saturated heterocycles. The molecule has 2 rings (SSSR count). The van der Waals surface area contributed by atoms with Crippen molar-refractivity contribution in [2.45, 2.75) is 6.92 Å². The second-order valence-electron chi connectivity index (χ2n) is 3.73. The van der Waals surface area contributed by atoms with Crippen LogP contribution in [-0.4, -0.2) is 26.2 Å². The lowest BCUT2D eigenvalue weighted by molar-refractivity contribution is -0.127. The highest BCUT2D eigenvalue weighted by Crippen LogP contribution is 2.30. The minimum Gasteiger partial charge on any atom is -0.494 e. The fraction of sp³-hybridized carbons (Fsp3) is 0.308. The maximum atomic E-state index is 11.6. The zero-order valence-corrected chi connectivity index (χ0v) is 10.4. The van der Waals surface area contributed by atoms with Gasteiger partial charge in [0.05, 0.1) is 19.3 Å². The average Bonchev–Trinajstić information content (AvgIpc) is 2.38. The number of benzene rings is 1. The van der Waals surface area contributed by atoms with E-state index in [0.717, 1.165) is 17.1 Å². The van der Waals surface area contributed by atoms with Crippen LogP contribution in [0.5, 0.6) is 11.5 Å². The Morgan fingerprint density at radius 2 is 2.33 bits per heavy atom. The van der Waals surface area contributed by atoms with Gasteiger partial charge in [0.1, 0.15) is 18.1 Å². The number of carbonyl (C=O) groups is 1. The van der Waals surface area contributed by atoms with Crippen LogP contribution in [0.2, 0.25) is 0 Å². The molecule has 18 heavy (non-hydrogen) atoms. The van der Waals surface area contributed by atoms with Gasteiger partial charge in [-0.15, -0.1) is 0 Å². The molecule has 5 heteroatoms. The quantitative estimate of drug-likeness (QED) is 0.822. The van der Waals surface area contributed by atoms with Gasteiger partial charge in [-0.05, 0) is 31.2 Å². The van der Waals surface area contributed by atoms with Gasteiger partial charge in [-0.1, -0.05) is 0 Å². The summed E-state index contributed by atoms with van der Waals surface area (Å²) in [6.07, 6.45) is 1.77. The summed E-state index contributed by atoms with van der Waals surface area (Å²) in [4.78, 5) is 16.2. The zero-order valence-electron chi connectivity index (χ0n) is 10.4. The van der Waals surface area contributed by atoms with Crippen molar-refractivity contribution in [3.05, 3.63) is 29.3 Å². The second kappa shape index (κ2) is 5.55. The number of amides is 1. The summed E-state index contributed by atoms with van der Waals surface area (Å²) >= 11 is 0. The van der Waals surface area contributed by atoms with Crippen LogP contribution < -0.4 is 15.0 Å². The zero-order chi connectivity index (χ0) is 13.0. The highest BCUT2D eigenvalue weighted by Gasteiger charge is 2.17. The second-order valence-corrected chi connectivity index (χ2v) is 3.73. The molecule has 5 nitrogen and oxygen atoms in total. The van der Waals surface area contributed by atoms with E-state index in [2.05, 4.69) is 10.3 Å². The third-order valence-corrected chi connectivity index (χ3v) is 2.49. The van der Waals surface area contributed by atoms with Gasteiger partial charge >= 0.3 is 0 Å². The molecule has 0 fully saturated rings. The van der Waals surface area contributed by atoms with Crippen molar-refractivity contribution < 1.29 is 19.1 Å². The van der Waals surface area contributed by atoms with E-state index in [1.807, 2.05) is 25.1 Å². The lowest BCUT2D eigenvalue weighted by atomic mass is 10.1. The van der Waals surface area contributed by atoms with Crippen LogP contribution >= 0.6 is 0 Å². The molecule has 1 amide bonds. The summed E-state index contributed by atoms with van der Waals surface area (Å²) in [6, 6.07) is 5.52. The molecular weight excluding hydrogens is 234 g/mol. The third kappa shape index (κ3) is 2.62. The van der Waals surface area contributed by atoms with Gasteiger partial charge in [0.25, 0.3) is 5.91 Å². The topological polar surface area (TPSA) is 56.8 Å². The summed E-state index contributed by atoms with van der Waals surface area (Å²) in [5.41, 5.74) is 3.61. The maximum absolute atomic E-state index is 11.6. The summed E-state index contributed by atoms with van der Waals surface area (Å²) < 4.78 is 10.9. The first kappa shape index (κ1) is 12.4. The molecule has 0 aliphatic carbocycles. The summed E-state index contributed by atoms with van der Waals surface area (Å²) in [7, 11) is 1.39. The fourth-order valence-corrected chi connectivity index (χ4v) is 1.70. The van der Waals surface area contributed by atoms with Gasteiger partial charge in [-0.25, -0.2) is 5.48 Å². The average molecular weight is 249 g/mol. The molecule has 0 radical (unpaired) electrons. The number of fused-ring (bicyclic) bond motifs is 1. The van der Waals surface area contributed by atoms with Crippen LogP contribution in [0.15, 0.2) is 23.8 Å². The SMILES string of the molecule is CCOc1ccc2c(c1)C=C(C(=O)NOC)CO2. The van der Waals surface area contributed by atoms with Gasteiger partial charge in [0, 0.05) is 5.56 Å². The highest BCUT2D eigenvalue weighted by atomic mass is 16.6. The lowest BCUT2D eigenvalue weighted by Crippen LogP contribution is -2.27. The molecule has 1 heterocycles. The number of carbonyl (C=O) groups excluding carboxylic acids is 1. The molecule has 0 aromatic heterocycles. The Morgan fingerprint density at radius 3 is 3.06 bits per heavy atom. The molecule has 1 aromatic carbocycles. The molecular formula is C13H15NO4. The molecule has 96 valence electrons. The van der Waals surface area contributed by atoms with E-state index >= 15 is 0 Å². The van der Waals surface area contributed by atoms with E-state index < -0.39 is 0 Å². The van der Waals surface area contributed by atoms with E-state index in [4.69, 9.17) is 9.47 Å². The molecule has 0 unspecified atom stereocenters. The minimum absolute atomic E-state index is 0.232. The standard InChI is InChI=1S/C13H15NO4/c1-3-17-11-4-5-12-9(7-11)6-10(8-18-12)13(15)14-16-2/h4-7H,3,8H2,1-2H3,(H,14,15). The first-order valence-electron chi connectivity index (χ1n) is 5.68. The molecule has 0 bridgehead atoms. The predicted octanol–water partition coefficient (Wildman–Crippen LogP) is 1.54. The van der Waals surface area contributed by atoms with Crippen molar-refractivity contribution in [1.29, 1.82) is 0 Å². The maximum Gasteiger partial charge on any atom is 0.274 e. The first-order valence-corrected chi connectivity index (χ1v) is 5.68. The first-order chi connectivity index (χ1) is 8.74. The van der Waals surface area contributed by atoms with E-state index in [1.54, 1.807) is 6.08 Å². The van der Waals surface area contributed by atoms with E-state index in [-0.39, 0.29) is 12.5 Å². The van der Waals surface area contributed by atoms with E-state index in [1.165, 1.54) is 7.11 Å². The molecule has 1 aromatic rings. The van der Waals surface area contributed by atoms with Crippen molar-refractivity contribution in [3.63, 3.8) is 0 Å². The molecule has 1 aliphatic rings. The van der Waals surface area contributed by atoms with Crippen LogP contribution in [0, 0.1) is 0 Å². The highest BCUT2D eigenvalue weighted by molar-refractivity contribution is 5.98. The summed E-state index contributed by atoms with van der Waals surface area (Å²) in [5, 5.41) is 0.